The molecule has 0 spiro atoms. The van der Waals surface area contributed by atoms with E-state index in [-0.39, 0.29) is 11.9 Å². The van der Waals surface area contributed by atoms with Crippen LogP contribution >= 0.6 is 0 Å². The van der Waals surface area contributed by atoms with Crippen molar-refractivity contribution >= 4 is 5.91 Å². The summed E-state index contributed by atoms with van der Waals surface area (Å²) in [6.07, 6.45) is 1.08. The Morgan fingerprint density at radius 1 is 1.10 bits per heavy atom. The summed E-state index contributed by atoms with van der Waals surface area (Å²) in [5.41, 5.74) is 2.42. The van der Waals surface area contributed by atoms with Crippen molar-refractivity contribution in [3.8, 4) is 0 Å². The minimum absolute atomic E-state index is 0.0454. The maximum atomic E-state index is 12.0. The van der Waals surface area contributed by atoms with Crippen molar-refractivity contribution in [2.45, 2.75) is 40.2 Å². The zero-order valence-electron chi connectivity index (χ0n) is 13.1. The van der Waals surface area contributed by atoms with Gasteiger partial charge < -0.3 is 9.73 Å². The third kappa shape index (κ3) is 4.22. The van der Waals surface area contributed by atoms with Gasteiger partial charge in [0.15, 0.2) is 5.76 Å². The molecule has 1 heterocycles. The number of carbonyl (C=O) groups excluding carboxylic acids is 1. The van der Waals surface area contributed by atoms with Gasteiger partial charge in [0.2, 0.25) is 0 Å². The fourth-order valence-electron chi connectivity index (χ4n) is 2.32. The highest BCUT2D eigenvalue weighted by Crippen LogP contribution is 2.16. The molecule has 1 aromatic heterocycles. The Labute approximate surface area is 126 Å². The van der Waals surface area contributed by atoms with Crippen LogP contribution < -0.4 is 5.32 Å². The van der Waals surface area contributed by atoms with Crippen LogP contribution in [-0.2, 0) is 6.42 Å². The number of rotatable bonds is 5. The van der Waals surface area contributed by atoms with E-state index in [1.807, 2.05) is 13.8 Å². The van der Waals surface area contributed by atoms with Crippen molar-refractivity contribution in [1.29, 1.82) is 0 Å². The highest BCUT2D eigenvalue weighted by Gasteiger charge is 2.14. The standard InChI is InChI=1S/C18H23NO2/c1-12(2)11-15-6-8-16(9-7-15)14(4)19-18(20)17-10-5-13(3)21-17/h5-10,12,14H,11H2,1-4H3,(H,19,20). The van der Waals surface area contributed by atoms with Gasteiger partial charge in [0, 0.05) is 0 Å². The average molecular weight is 285 g/mol. The molecule has 0 aliphatic rings. The molecule has 0 bridgehead atoms. The number of carbonyl (C=O) groups is 1. The molecule has 2 rings (SSSR count). The summed E-state index contributed by atoms with van der Waals surface area (Å²) >= 11 is 0. The molecule has 1 N–H and O–H groups in total. The third-order valence-electron chi connectivity index (χ3n) is 3.44. The van der Waals surface area contributed by atoms with E-state index in [1.165, 1.54) is 5.56 Å². The molecule has 0 saturated heterocycles. The molecule has 1 aromatic carbocycles. The van der Waals surface area contributed by atoms with Crippen LogP contribution in [-0.4, -0.2) is 5.91 Å². The topological polar surface area (TPSA) is 42.2 Å². The molecule has 0 aliphatic carbocycles. The molecule has 0 fully saturated rings. The normalized spacial score (nSPS) is 12.4. The Bertz CT molecular complexity index is 596. The Balaban J connectivity index is 1.99. The maximum Gasteiger partial charge on any atom is 0.287 e. The van der Waals surface area contributed by atoms with E-state index in [2.05, 4.69) is 43.4 Å². The molecule has 1 atom stereocenters. The molecule has 0 radical (unpaired) electrons. The first kappa shape index (κ1) is 15.4. The van der Waals surface area contributed by atoms with Crippen LogP contribution in [0, 0.1) is 12.8 Å². The lowest BCUT2D eigenvalue weighted by Gasteiger charge is -2.14. The fraction of sp³-hybridized carbons (Fsp3) is 0.389. The number of nitrogens with one attached hydrogen (secondary N) is 1. The van der Waals surface area contributed by atoms with E-state index in [0.29, 0.717) is 11.7 Å². The Morgan fingerprint density at radius 3 is 2.29 bits per heavy atom. The van der Waals surface area contributed by atoms with Crippen LogP contribution in [0.4, 0.5) is 0 Å². The van der Waals surface area contributed by atoms with Gasteiger partial charge in [0.1, 0.15) is 5.76 Å². The molecule has 3 heteroatoms. The monoisotopic (exact) mass is 285 g/mol. The van der Waals surface area contributed by atoms with E-state index in [1.54, 1.807) is 12.1 Å². The zero-order valence-corrected chi connectivity index (χ0v) is 13.1. The molecule has 2 aromatic rings. The van der Waals surface area contributed by atoms with E-state index in [0.717, 1.165) is 17.7 Å². The number of hydrogen-bond donors (Lipinski definition) is 1. The molecule has 1 unspecified atom stereocenters. The highest BCUT2D eigenvalue weighted by atomic mass is 16.3. The van der Waals surface area contributed by atoms with Gasteiger partial charge in [0.25, 0.3) is 5.91 Å². The Kier molecular flexibility index (Phi) is 4.84. The van der Waals surface area contributed by atoms with Crippen molar-refractivity contribution in [2.24, 2.45) is 5.92 Å². The van der Waals surface area contributed by atoms with Crippen molar-refractivity contribution in [3.05, 3.63) is 59.0 Å². The summed E-state index contributed by atoms with van der Waals surface area (Å²) in [5.74, 6) is 1.57. The predicted molar refractivity (Wildman–Crippen MR) is 84.3 cm³/mol. The molecule has 112 valence electrons. The van der Waals surface area contributed by atoms with Crippen LogP contribution in [0.1, 0.15) is 54.3 Å². The number of furan rings is 1. The highest BCUT2D eigenvalue weighted by molar-refractivity contribution is 5.91. The summed E-state index contributed by atoms with van der Waals surface area (Å²) in [4.78, 5) is 12.0. The van der Waals surface area contributed by atoms with Gasteiger partial charge in [-0.1, -0.05) is 38.1 Å². The second-order valence-electron chi connectivity index (χ2n) is 5.94. The van der Waals surface area contributed by atoms with Crippen LogP contribution in [0.15, 0.2) is 40.8 Å². The minimum atomic E-state index is -0.179. The SMILES string of the molecule is Cc1ccc(C(=O)NC(C)c2ccc(CC(C)C)cc2)o1. The second kappa shape index (κ2) is 6.61. The second-order valence-corrected chi connectivity index (χ2v) is 5.94. The van der Waals surface area contributed by atoms with Gasteiger partial charge in [-0.05, 0) is 49.4 Å². The number of benzene rings is 1. The summed E-state index contributed by atoms with van der Waals surface area (Å²) < 4.78 is 5.33. The third-order valence-corrected chi connectivity index (χ3v) is 3.44. The largest absolute Gasteiger partial charge is 0.456 e. The molecule has 3 nitrogen and oxygen atoms in total. The van der Waals surface area contributed by atoms with Crippen LogP contribution in [0.5, 0.6) is 0 Å². The molecule has 0 saturated carbocycles. The molecule has 21 heavy (non-hydrogen) atoms. The maximum absolute atomic E-state index is 12.0. The van der Waals surface area contributed by atoms with E-state index in [9.17, 15) is 4.79 Å². The van der Waals surface area contributed by atoms with E-state index >= 15 is 0 Å². The van der Waals surface area contributed by atoms with Crippen LogP contribution in [0.25, 0.3) is 0 Å². The average Bonchev–Trinajstić information content (AvgIpc) is 2.85. The van der Waals surface area contributed by atoms with Crippen molar-refractivity contribution in [1.82, 2.24) is 5.32 Å². The smallest absolute Gasteiger partial charge is 0.287 e. The minimum Gasteiger partial charge on any atom is -0.456 e. The number of amides is 1. The fourth-order valence-corrected chi connectivity index (χ4v) is 2.32. The van der Waals surface area contributed by atoms with E-state index < -0.39 is 0 Å². The lowest BCUT2D eigenvalue weighted by molar-refractivity contribution is 0.0910. The quantitative estimate of drug-likeness (QED) is 0.891. The van der Waals surface area contributed by atoms with Crippen molar-refractivity contribution in [3.63, 3.8) is 0 Å². The number of hydrogen-bond acceptors (Lipinski definition) is 2. The predicted octanol–water partition coefficient (Wildman–Crippen LogP) is 4.28. The summed E-state index contributed by atoms with van der Waals surface area (Å²) in [7, 11) is 0. The van der Waals surface area contributed by atoms with Gasteiger partial charge in [-0.15, -0.1) is 0 Å². The Morgan fingerprint density at radius 2 is 1.76 bits per heavy atom. The van der Waals surface area contributed by atoms with Crippen molar-refractivity contribution < 1.29 is 9.21 Å². The molecular weight excluding hydrogens is 262 g/mol. The van der Waals surface area contributed by atoms with E-state index in [4.69, 9.17) is 4.42 Å². The molecular formula is C18H23NO2. The van der Waals surface area contributed by atoms with Gasteiger partial charge >= 0.3 is 0 Å². The van der Waals surface area contributed by atoms with Gasteiger partial charge in [0.05, 0.1) is 6.04 Å². The zero-order chi connectivity index (χ0) is 15.4. The summed E-state index contributed by atoms with van der Waals surface area (Å²) in [5, 5.41) is 2.95. The molecule has 0 aliphatic heterocycles. The summed E-state index contributed by atoms with van der Waals surface area (Å²) in [6.45, 7) is 8.23. The van der Waals surface area contributed by atoms with Gasteiger partial charge in [-0.2, -0.15) is 0 Å². The van der Waals surface area contributed by atoms with Crippen LogP contribution in [0.2, 0.25) is 0 Å². The van der Waals surface area contributed by atoms with Gasteiger partial charge in [-0.3, -0.25) is 4.79 Å². The lowest BCUT2D eigenvalue weighted by Crippen LogP contribution is -2.26. The first-order chi connectivity index (χ1) is 9.95. The van der Waals surface area contributed by atoms with Gasteiger partial charge in [-0.25, -0.2) is 0 Å². The summed E-state index contributed by atoms with van der Waals surface area (Å²) in [6, 6.07) is 11.9. The van der Waals surface area contributed by atoms with Crippen LogP contribution in [0.3, 0.4) is 0 Å². The first-order valence-electron chi connectivity index (χ1n) is 7.42. The molecule has 1 amide bonds. The number of aryl methyl sites for hydroxylation is 1. The first-order valence-corrected chi connectivity index (χ1v) is 7.42. The Hall–Kier alpha value is -2.03. The lowest BCUT2D eigenvalue weighted by atomic mass is 10.00. The van der Waals surface area contributed by atoms with Crippen molar-refractivity contribution in [2.75, 3.05) is 0 Å².